The molecule has 0 aromatic carbocycles. The summed E-state index contributed by atoms with van der Waals surface area (Å²) in [5, 5.41) is 9.14. The summed E-state index contributed by atoms with van der Waals surface area (Å²) in [6.45, 7) is 2.90. The van der Waals surface area contributed by atoms with Gasteiger partial charge in [-0.2, -0.15) is 5.26 Å². The SMILES string of the molecule is CCOC(=O)C1CCCCN1c1ncccc1C#N. The summed E-state index contributed by atoms with van der Waals surface area (Å²) in [6, 6.07) is 5.25. The monoisotopic (exact) mass is 259 g/mol. The van der Waals surface area contributed by atoms with Crippen LogP contribution in [0.1, 0.15) is 31.7 Å². The van der Waals surface area contributed by atoms with Crippen molar-refractivity contribution in [3.63, 3.8) is 0 Å². The zero-order chi connectivity index (χ0) is 13.7. The molecule has 0 amide bonds. The van der Waals surface area contributed by atoms with Crippen molar-refractivity contribution in [2.45, 2.75) is 32.2 Å². The standard InChI is InChI=1S/C14H17N3O2/c1-2-19-14(18)12-7-3-4-9-17(12)13-11(10-15)6-5-8-16-13/h5-6,8,12H,2-4,7,9H2,1H3. The van der Waals surface area contributed by atoms with E-state index < -0.39 is 0 Å². The molecule has 19 heavy (non-hydrogen) atoms. The zero-order valence-electron chi connectivity index (χ0n) is 11.0. The fraction of sp³-hybridized carbons (Fsp3) is 0.500. The van der Waals surface area contributed by atoms with Crippen LogP contribution in [0.5, 0.6) is 0 Å². The average Bonchev–Trinajstić information content (AvgIpc) is 2.47. The third-order valence-electron chi connectivity index (χ3n) is 3.24. The number of ether oxygens (including phenoxy) is 1. The summed E-state index contributed by atoms with van der Waals surface area (Å²) in [5.74, 6) is 0.361. The number of anilines is 1. The molecular formula is C14H17N3O2. The van der Waals surface area contributed by atoms with Crippen LogP contribution in [-0.4, -0.2) is 30.1 Å². The topological polar surface area (TPSA) is 66.2 Å². The van der Waals surface area contributed by atoms with Crippen molar-refractivity contribution < 1.29 is 9.53 Å². The molecule has 0 aliphatic carbocycles. The molecule has 1 aliphatic heterocycles. The number of hydrogen-bond acceptors (Lipinski definition) is 5. The van der Waals surface area contributed by atoms with Gasteiger partial charge in [-0.05, 0) is 38.3 Å². The summed E-state index contributed by atoms with van der Waals surface area (Å²) in [5.41, 5.74) is 0.499. The molecular weight excluding hydrogens is 242 g/mol. The lowest BCUT2D eigenvalue weighted by atomic mass is 10.0. The third kappa shape index (κ3) is 2.84. The average molecular weight is 259 g/mol. The van der Waals surface area contributed by atoms with Crippen LogP contribution >= 0.6 is 0 Å². The molecule has 1 atom stereocenters. The number of nitrogens with zero attached hydrogens (tertiary/aromatic N) is 3. The van der Waals surface area contributed by atoms with Crippen molar-refractivity contribution in [1.82, 2.24) is 4.98 Å². The van der Waals surface area contributed by atoms with Crippen molar-refractivity contribution in [3.8, 4) is 6.07 Å². The molecule has 2 rings (SSSR count). The highest BCUT2D eigenvalue weighted by Crippen LogP contribution is 2.26. The van der Waals surface area contributed by atoms with Crippen LogP contribution in [0.25, 0.3) is 0 Å². The fourth-order valence-corrected chi connectivity index (χ4v) is 2.38. The van der Waals surface area contributed by atoms with Gasteiger partial charge in [-0.15, -0.1) is 0 Å². The van der Waals surface area contributed by atoms with Crippen molar-refractivity contribution >= 4 is 11.8 Å². The van der Waals surface area contributed by atoms with E-state index in [0.717, 1.165) is 25.8 Å². The Hall–Kier alpha value is -2.09. The Morgan fingerprint density at radius 1 is 1.63 bits per heavy atom. The molecule has 0 saturated carbocycles. The second-order valence-electron chi connectivity index (χ2n) is 4.44. The highest BCUT2D eigenvalue weighted by atomic mass is 16.5. The van der Waals surface area contributed by atoms with Gasteiger partial charge in [-0.1, -0.05) is 0 Å². The van der Waals surface area contributed by atoms with Crippen LogP contribution in [0.3, 0.4) is 0 Å². The van der Waals surface area contributed by atoms with Crippen LogP contribution in [0, 0.1) is 11.3 Å². The van der Waals surface area contributed by atoms with Crippen LogP contribution in [0.15, 0.2) is 18.3 Å². The maximum Gasteiger partial charge on any atom is 0.328 e. The Morgan fingerprint density at radius 3 is 3.21 bits per heavy atom. The van der Waals surface area contributed by atoms with E-state index in [1.165, 1.54) is 0 Å². The van der Waals surface area contributed by atoms with E-state index in [4.69, 9.17) is 10.00 Å². The first kappa shape index (κ1) is 13.3. The van der Waals surface area contributed by atoms with Crippen LogP contribution in [0.4, 0.5) is 5.82 Å². The molecule has 2 heterocycles. The molecule has 0 N–H and O–H groups in total. The van der Waals surface area contributed by atoms with E-state index in [2.05, 4.69) is 11.1 Å². The number of carbonyl (C=O) groups is 1. The first-order valence-electron chi connectivity index (χ1n) is 6.56. The molecule has 5 nitrogen and oxygen atoms in total. The molecule has 1 fully saturated rings. The van der Waals surface area contributed by atoms with Gasteiger partial charge in [0.2, 0.25) is 0 Å². The van der Waals surface area contributed by atoms with Crippen molar-refractivity contribution in [2.24, 2.45) is 0 Å². The predicted octanol–water partition coefficient (Wildman–Crippen LogP) is 1.88. The normalized spacial score (nSPS) is 18.7. The molecule has 1 unspecified atom stereocenters. The van der Waals surface area contributed by atoms with Crippen LogP contribution in [-0.2, 0) is 9.53 Å². The Labute approximate surface area is 112 Å². The Morgan fingerprint density at radius 2 is 2.47 bits per heavy atom. The number of piperidine rings is 1. The number of nitriles is 1. The van der Waals surface area contributed by atoms with E-state index in [1.807, 2.05) is 4.90 Å². The molecule has 1 aliphatic rings. The van der Waals surface area contributed by atoms with Crippen LogP contribution < -0.4 is 4.90 Å². The largest absolute Gasteiger partial charge is 0.464 e. The summed E-state index contributed by atoms with van der Waals surface area (Å²) in [4.78, 5) is 18.2. The van der Waals surface area contributed by atoms with Crippen molar-refractivity contribution in [1.29, 1.82) is 5.26 Å². The highest BCUT2D eigenvalue weighted by molar-refractivity contribution is 5.80. The Bertz CT molecular complexity index is 496. The summed E-state index contributed by atoms with van der Waals surface area (Å²) < 4.78 is 5.12. The van der Waals surface area contributed by atoms with Gasteiger partial charge in [0.15, 0.2) is 0 Å². The van der Waals surface area contributed by atoms with E-state index in [-0.39, 0.29) is 12.0 Å². The van der Waals surface area contributed by atoms with E-state index in [9.17, 15) is 4.79 Å². The molecule has 1 aromatic rings. The molecule has 5 heteroatoms. The summed E-state index contributed by atoms with van der Waals surface area (Å²) in [6.07, 6.45) is 4.39. The fourth-order valence-electron chi connectivity index (χ4n) is 2.38. The van der Waals surface area contributed by atoms with Gasteiger partial charge in [0.05, 0.1) is 12.2 Å². The number of rotatable bonds is 3. The minimum absolute atomic E-state index is 0.225. The first-order valence-corrected chi connectivity index (χ1v) is 6.56. The quantitative estimate of drug-likeness (QED) is 0.775. The Balaban J connectivity index is 2.29. The van der Waals surface area contributed by atoms with Gasteiger partial charge >= 0.3 is 5.97 Å². The number of hydrogen-bond donors (Lipinski definition) is 0. The van der Waals surface area contributed by atoms with E-state index >= 15 is 0 Å². The molecule has 100 valence electrons. The summed E-state index contributed by atoms with van der Waals surface area (Å²) >= 11 is 0. The number of carbonyl (C=O) groups excluding carboxylic acids is 1. The minimum Gasteiger partial charge on any atom is -0.464 e. The van der Waals surface area contributed by atoms with Crippen molar-refractivity contribution in [2.75, 3.05) is 18.1 Å². The number of aromatic nitrogens is 1. The minimum atomic E-state index is -0.323. The van der Waals surface area contributed by atoms with E-state index in [0.29, 0.717) is 18.0 Å². The van der Waals surface area contributed by atoms with Gasteiger partial charge in [-0.3, -0.25) is 0 Å². The van der Waals surface area contributed by atoms with Gasteiger partial charge in [0.25, 0.3) is 0 Å². The van der Waals surface area contributed by atoms with Crippen LogP contribution in [0.2, 0.25) is 0 Å². The molecule has 1 saturated heterocycles. The maximum absolute atomic E-state index is 12.0. The second kappa shape index (κ2) is 6.19. The lowest BCUT2D eigenvalue weighted by Gasteiger charge is -2.35. The molecule has 0 radical (unpaired) electrons. The first-order chi connectivity index (χ1) is 9.27. The summed E-state index contributed by atoms with van der Waals surface area (Å²) in [7, 11) is 0. The highest BCUT2D eigenvalue weighted by Gasteiger charge is 2.31. The van der Waals surface area contributed by atoms with Crippen molar-refractivity contribution in [3.05, 3.63) is 23.9 Å². The molecule has 0 spiro atoms. The lowest BCUT2D eigenvalue weighted by molar-refractivity contribution is -0.145. The predicted molar refractivity (Wildman–Crippen MR) is 70.6 cm³/mol. The third-order valence-corrected chi connectivity index (χ3v) is 3.24. The van der Waals surface area contributed by atoms with Gasteiger partial charge in [-0.25, -0.2) is 9.78 Å². The Kier molecular flexibility index (Phi) is 4.35. The molecule has 1 aromatic heterocycles. The number of pyridine rings is 1. The second-order valence-corrected chi connectivity index (χ2v) is 4.44. The van der Waals surface area contributed by atoms with Gasteiger partial charge < -0.3 is 9.64 Å². The lowest BCUT2D eigenvalue weighted by Crippen LogP contribution is -2.46. The number of esters is 1. The zero-order valence-corrected chi connectivity index (χ0v) is 11.0. The van der Waals surface area contributed by atoms with Gasteiger partial charge in [0.1, 0.15) is 17.9 Å². The smallest absolute Gasteiger partial charge is 0.328 e. The van der Waals surface area contributed by atoms with Gasteiger partial charge in [0, 0.05) is 12.7 Å². The maximum atomic E-state index is 12.0. The molecule has 0 bridgehead atoms. The van der Waals surface area contributed by atoms with E-state index in [1.54, 1.807) is 25.3 Å².